The van der Waals surface area contributed by atoms with Crippen molar-refractivity contribution in [2.24, 2.45) is 0 Å². The van der Waals surface area contributed by atoms with E-state index in [2.05, 4.69) is 30.2 Å². The lowest BCUT2D eigenvalue weighted by Crippen LogP contribution is -2.19. The molecule has 0 aliphatic rings. The van der Waals surface area contributed by atoms with Crippen LogP contribution in [0.1, 0.15) is 21.0 Å². The summed E-state index contributed by atoms with van der Waals surface area (Å²) < 4.78 is 1.55. The second-order valence-corrected chi connectivity index (χ2v) is 6.41. The third-order valence-corrected chi connectivity index (χ3v) is 4.60. The van der Waals surface area contributed by atoms with Crippen LogP contribution in [0.4, 0.5) is 0 Å². The van der Waals surface area contributed by atoms with Gasteiger partial charge >= 0.3 is 0 Å². The van der Waals surface area contributed by atoms with Gasteiger partial charge in [-0.1, -0.05) is 6.07 Å². The number of hydrogen-bond donors (Lipinski definition) is 1. The van der Waals surface area contributed by atoms with Crippen LogP contribution >= 0.6 is 11.3 Å². The Kier molecular flexibility index (Phi) is 3.86. The minimum absolute atomic E-state index is 0.0415. The Balaban J connectivity index is 1.72. The normalized spacial score (nSPS) is 11.1. The molecule has 1 N–H and O–H groups in total. The largest absolute Gasteiger partial charge is 0.306 e. The minimum atomic E-state index is -0.0415. The molecule has 0 fully saturated rings. The highest BCUT2D eigenvalue weighted by atomic mass is 32.1. The number of aromatic nitrogens is 2. The van der Waals surface area contributed by atoms with Gasteiger partial charge in [0.15, 0.2) is 0 Å². The predicted molar refractivity (Wildman–Crippen MR) is 85.8 cm³/mol. The van der Waals surface area contributed by atoms with Crippen molar-refractivity contribution >= 4 is 17.0 Å². The van der Waals surface area contributed by atoms with Gasteiger partial charge in [-0.15, -0.1) is 11.3 Å². The van der Waals surface area contributed by atoms with Crippen LogP contribution in [0.2, 0.25) is 0 Å². The molecule has 0 spiro atoms. The second kappa shape index (κ2) is 5.79. The predicted octanol–water partition coefficient (Wildman–Crippen LogP) is 2.66. The van der Waals surface area contributed by atoms with Crippen molar-refractivity contribution in [1.82, 2.24) is 14.7 Å². The van der Waals surface area contributed by atoms with Crippen molar-refractivity contribution in [1.29, 1.82) is 0 Å². The third-order valence-electron chi connectivity index (χ3n) is 3.45. The van der Waals surface area contributed by atoms with E-state index in [-0.39, 0.29) is 5.56 Å². The molecule has 3 rings (SSSR count). The van der Waals surface area contributed by atoms with Crippen LogP contribution in [0.15, 0.2) is 41.3 Å². The van der Waals surface area contributed by atoms with Gasteiger partial charge < -0.3 is 5.32 Å². The van der Waals surface area contributed by atoms with Crippen LogP contribution in [-0.2, 0) is 13.1 Å². The Morgan fingerprint density at radius 1 is 1.24 bits per heavy atom. The molecular weight excluding hydrogens is 282 g/mol. The van der Waals surface area contributed by atoms with Crippen LogP contribution in [0, 0.1) is 13.8 Å². The SMILES string of the molecule is Cc1cc(CNCc2cc(=O)n3ccccc3n2)sc1C. The van der Waals surface area contributed by atoms with Gasteiger partial charge in [0, 0.05) is 35.1 Å². The number of fused-ring (bicyclic) bond motifs is 1. The van der Waals surface area contributed by atoms with E-state index in [0.29, 0.717) is 12.2 Å². The molecule has 5 heteroatoms. The van der Waals surface area contributed by atoms with Gasteiger partial charge in [-0.2, -0.15) is 0 Å². The van der Waals surface area contributed by atoms with Crippen LogP contribution in [0.3, 0.4) is 0 Å². The van der Waals surface area contributed by atoms with E-state index in [0.717, 1.165) is 12.2 Å². The zero-order valence-electron chi connectivity index (χ0n) is 12.1. The van der Waals surface area contributed by atoms with E-state index in [9.17, 15) is 4.79 Å². The quantitative estimate of drug-likeness (QED) is 0.805. The first-order chi connectivity index (χ1) is 10.1. The summed E-state index contributed by atoms with van der Waals surface area (Å²) >= 11 is 1.81. The molecule has 0 aliphatic carbocycles. The summed E-state index contributed by atoms with van der Waals surface area (Å²) in [5, 5.41) is 3.35. The number of hydrogen-bond acceptors (Lipinski definition) is 4. The molecule has 0 radical (unpaired) electrons. The highest BCUT2D eigenvalue weighted by molar-refractivity contribution is 7.12. The zero-order valence-corrected chi connectivity index (χ0v) is 12.9. The van der Waals surface area contributed by atoms with Crippen molar-refractivity contribution in [2.45, 2.75) is 26.9 Å². The number of aryl methyl sites for hydroxylation is 2. The summed E-state index contributed by atoms with van der Waals surface area (Å²) in [6.07, 6.45) is 1.74. The van der Waals surface area contributed by atoms with Crippen LogP contribution in [0.25, 0.3) is 5.65 Å². The van der Waals surface area contributed by atoms with E-state index in [1.54, 1.807) is 28.0 Å². The Hall–Kier alpha value is -1.98. The molecular formula is C16H17N3OS. The molecule has 0 atom stereocenters. The molecule has 3 heterocycles. The molecule has 108 valence electrons. The Bertz CT molecular complexity index is 815. The van der Waals surface area contributed by atoms with E-state index in [1.165, 1.54) is 15.3 Å². The first kappa shape index (κ1) is 14.0. The average molecular weight is 299 g/mol. The summed E-state index contributed by atoms with van der Waals surface area (Å²) in [5.41, 5.74) is 2.75. The summed E-state index contributed by atoms with van der Waals surface area (Å²) in [4.78, 5) is 19.1. The Morgan fingerprint density at radius 3 is 2.86 bits per heavy atom. The first-order valence-electron chi connectivity index (χ1n) is 6.87. The van der Waals surface area contributed by atoms with Gasteiger partial charge in [0.2, 0.25) is 0 Å². The average Bonchev–Trinajstić information content (AvgIpc) is 2.78. The van der Waals surface area contributed by atoms with Gasteiger partial charge in [0.25, 0.3) is 5.56 Å². The van der Waals surface area contributed by atoms with Crippen LogP contribution in [-0.4, -0.2) is 9.38 Å². The van der Waals surface area contributed by atoms with Crippen LogP contribution in [0.5, 0.6) is 0 Å². The summed E-state index contributed by atoms with van der Waals surface area (Å²) in [7, 11) is 0. The van der Waals surface area contributed by atoms with Crippen molar-refractivity contribution < 1.29 is 0 Å². The molecule has 0 unspecified atom stereocenters. The maximum absolute atomic E-state index is 12.0. The molecule has 0 amide bonds. The first-order valence-corrected chi connectivity index (χ1v) is 7.69. The fourth-order valence-electron chi connectivity index (χ4n) is 2.24. The fourth-order valence-corrected chi connectivity index (χ4v) is 3.27. The molecule has 4 nitrogen and oxygen atoms in total. The number of nitrogens with zero attached hydrogens (tertiary/aromatic N) is 2. The van der Waals surface area contributed by atoms with Crippen molar-refractivity contribution in [2.75, 3.05) is 0 Å². The summed E-state index contributed by atoms with van der Waals surface area (Å²) in [5.74, 6) is 0. The Morgan fingerprint density at radius 2 is 2.10 bits per heavy atom. The van der Waals surface area contributed by atoms with Crippen molar-refractivity contribution in [3.05, 3.63) is 67.9 Å². The molecule has 0 bridgehead atoms. The topological polar surface area (TPSA) is 46.4 Å². The number of rotatable bonds is 4. The number of pyridine rings is 1. The molecule has 0 saturated heterocycles. The molecule has 21 heavy (non-hydrogen) atoms. The van der Waals surface area contributed by atoms with E-state index >= 15 is 0 Å². The van der Waals surface area contributed by atoms with E-state index in [4.69, 9.17) is 0 Å². The van der Waals surface area contributed by atoms with Gasteiger partial charge in [-0.25, -0.2) is 4.98 Å². The lowest BCUT2D eigenvalue weighted by Gasteiger charge is -2.05. The summed E-state index contributed by atoms with van der Waals surface area (Å²) in [6, 6.07) is 9.35. The number of nitrogens with one attached hydrogen (secondary N) is 1. The molecule has 0 saturated carbocycles. The van der Waals surface area contributed by atoms with Crippen LogP contribution < -0.4 is 10.9 Å². The molecule has 3 aromatic rings. The van der Waals surface area contributed by atoms with Crippen molar-refractivity contribution in [3.63, 3.8) is 0 Å². The highest BCUT2D eigenvalue weighted by Gasteiger charge is 2.03. The Labute approximate surface area is 127 Å². The monoisotopic (exact) mass is 299 g/mol. The standard InChI is InChI=1S/C16H17N3OS/c1-11-7-14(21-12(11)2)10-17-9-13-8-16(20)19-6-4-3-5-15(19)18-13/h3-8,17H,9-10H2,1-2H3. The zero-order chi connectivity index (χ0) is 14.8. The van der Waals surface area contributed by atoms with Gasteiger partial charge in [-0.05, 0) is 37.6 Å². The molecule has 0 aromatic carbocycles. The smallest absolute Gasteiger partial charge is 0.258 e. The van der Waals surface area contributed by atoms with Crippen molar-refractivity contribution in [3.8, 4) is 0 Å². The molecule has 0 aliphatic heterocycles. The molecule has 3 aromatic heterocycles. The number of thiophene rings is 1. The van der Waals surface area contributed by atoms with Gasteiger partial charge in [-0.3, -0.25) is 9.20 Å². The van der Waals surface area contributed by atoms with E-state index in [1.807, 2.05) is 18.2 Å². The van der Waals surface area contributed by atoms with Gasteiger partial charge in [0.1, 0.15) is 5.65 Å². The maximum Gasteiger partial charge on any atom is 0.258 e. The minimum Gasteiger partial charge on any atom is -0.306 e. The highest BCUT2D eigenvalue weighted by Crippen LogP contribution is 2.20. The van der Waals surface area contributed by atoms with Gasteiger partial charge in [0.05, 0.1) is 5.69 Å². The third kappa shape index (κ3) is 3.04. The lowest BCUT2D eigenvalue weighted by atomic mass is 10.3. The summed E-state index contributed by atoms with van der Waals surface area (Å²) in [6.45, 7) is 5.66. The van der Waals surface area contributed by atoms with E-state index < -0.39 is 0 Å². The maximum atomic E-state index is 12.0. The lowest BCUT2D eigenvalue weighted by molar-refractivity contribution is 0.684. The second-order valence-electron chi connectivity index (χ2n) is 5.07. The fraction of sp³-hybridized carbons (Fsp3) is 0.250.